The number of carbonyl (C=O) groups is 1. The Bertz CT molecular complexity index is 1620. The summed E-state index contributed by atoms with van der Waals surface area (Å²) in [6.45, 7) is 3.60. The molecule has 176 valence electrons. The van der Waals surface area contributed by atoms with Crippen LogP contribution in [0.5, 0.6) is 17.4 Å². The Morgan fingerprint density at radius 2 is 1.74 bits per heavy atom. The third kappa shape index (κ3) is 4.31. The first-order valence-corrected chi connectivity index (χ1v) is 11.0. The van der Waals surface area contributed by atoms with E-state index >= 15 is 0 Å². The van der Waals surface area contributed by atoms with Crippen LogP contribution in [0.15, 0.2) is 71.5 Å². The van der Waals surface area contributed by atoms with E-state index < -0.39 is 11.6 Å². The molecule has 0 bridgehead atoms. The lowest BCUT2D eigenvalue weighted by atomic mass is 10.2. The van der Waals surface area contributed by atoms with Crippen molar-refractivity contribution in [3.05, 3.63) is 88.3 Å². The highest BCUT2D eigenvalue weighted by molar-refractivity contribution is 5.92. The second kappa shape index (κ2) is 8.94. The van der Waals surface area contributed by atoms with E-state index in [0.717, 1.165) is 15.8 Å². The minimum absolute atomic E-state index is 0.171. The van der Waals surface area contributed by atoms with Crippen molar-refractivity contribution in [3.8, 4) is 17.4 Å². The molecule has 0 atom stereocenters. The largest absolute Gasteiger partial charge is 0.495 e. The summed E-state index contributed by atoms with van der Waals surface area (Å²) in [5, 5.41) is 7.20. The first kappa shape index (κ1) is 22.1. The number of hydrogen-bond acceptors (Lipinski definition) is 6. The number of benzene rings is 3. The molecular formula is C26H23N5O4. The molecule has 9 nitrogen and oxygen atoms in total. The van der Waals surface area contributed by atoms with Crippen molar-refractivity contribution < 1.29 is 14.3 Å². The third-order valence-electron chi connectivity index (χ3n) is 5.53. The fourth-order valence-corrected chi connectivity index (χ4v) is 3.81. The zero-order valence-electron chi connectivity index (χ0n) is 19.5. The first-order valence-electron chi connectivity index (χ1n) is 11.0. The minimum atomic E-state index is -0.473. The Kier molecular flexibility index (Phi) is 5.66. The van der Waals surface area contributed by atoms with Crippen LogP contribution >= 0.6 is 0 Å². The molecule has 0 aliphatic carbocycles. The van der Waals surface area contributed by atoms with Crippen LogP contribution in [0.1, 0.15) is 11.1 Å². The molecule has 0 saturated heterocycles. The van der Waals surface area contributed by atoms with Crippen molar-refractivity contribution in [3.63, 3.8) is 0 Å². The van der Waals surface area contributed by atoms with Gasteiger partial charge in [-0.3, -0.25) is 4.79 Å². The Morgan fingerprint density at radius 1 is 1.00 bits per heavy atom. The zero-order chi connectivity index (χ0) is 24.5. The number of aryl methyl sites for hydroxylation is 2. The van der Waals surface area contributed by atoms with Crippen molar-refractivity contribution in [2.24, 2.45) is 0 Å². The predicted molar refractivity (Wildman–Crippen MR) is 132 cm³/mol. The molecule has 2 heterocycles. The number of para-hydroxylation sites is 2. The van der Waals surface area contributed by atoms with E-state index in [2.05, 4.69) is 15.4 Å². The molecule has 3 aromatic carbocycles. The van der Waals surface area contributed by atoms with Crippen LogP contribution < -0.4 is 20.5 Å². The molecule has 0 unspecified atom stereocenters. The summed E-state index contributed by atoms with van der Waals surface area (Å²) in [4.78, 5) is 30.8. The van der Waals surface area contributed by atoms with E-state index in [1.807, 2.05) is 56.3 Å². The SMILES string of the molecule is COc1ccc(C)cc1NC(=O)Cn1nc2c(Oc3ccc(C)cc3)nc3ccccc3n2c1=O. The molecule has 1 N–H and O–H groups in total. The van der Waals surface area contributed by atoms with Crippen LogP contribution in [0.3, 0.4) is 0 Å². The van der Waals surface area contributed by atoms with Crippen LogP contribution in [0.2, 0.25) is 0 Å². The maximum absolute atomic E-state index is 13.3. The molecule has 0 radical (unpaired) electrons. The number of amides is 1. The maximum atomic E-state index is 13.3. The van der Waals surface area contributed by atoms with E-state index in [9.17, 15) is 9.59 Å². The number of hydrogen-bond donors (Lipinski definition) is 1. The number of methoxy groups -OCH3 is 1. The molecule has 0 aliphatic heterocycles. The fraction of sp³-hybridized carbons (Fsp3) is 0.154. The van der Waals surface area contributed by atoms with E-state index in [0.29, 0.717) is 28.2 Å². The highest BCUT2D eigenvalue weighted by Gasteiger charge is 2.19. The number of nitrogens with one attached hydrogen (secondary N) is 1. The summed E-state index contributed by atoms with van der Waals surface area (Å²) in [5.41, 5.74) is 3.44. The van der Waals surface area contributed by atoms with Crippen molar-refractivity contribution in [2.75, 3.05) is 12.4 Å². The number of rotatable bonds is 6. The second-order valence-corrected chi connectivity index (χ2v) is 8.17. The molecule has 2 aromatic heterocycles. The molecule has 1 amide bonds. The molecule has 9 heteroatoms. The number of fused-ring (bicyclic) bond motifs is 3. The van der Waals surface area contributed by atoms with Gasteiger partial charge in [0, 0.05) is 0 Å². The molecule has 5 rings (SSSR count). The summed E-state index contributed by atoms with van der Waals surface area (Å²) < 4.78 is 13.8. The van der Waals surface area contributed by atoms with Crippen LogP contribution in [0, 0.1) is 13.8 Å². The Labute approximate surface area is 200 Å². The van der Waals surface area contributed by atoms with E-state index in [1.54, 1.807) is 24.3 Å². The molecular weight excluding hydrogens is 446 g/mol. The van der Waals surface area contributed by atoms with Crippen LogP contribution in [0.25, 0.3) is 16.7 Å². The highest BCUT2D eigenvalue weighted by atomic mass is 16.5. The van der Waals surface area contributed by atoms with E-state index in [1.165, 1.54) is 11.5 Å². The standard InChI is InChI=1S/C26H23N5O4/c1-16-8-11-18(12-9-16)35-25-24-29-30(26(33)31(24)21-7-5-4-6-19(21)28-25)15-23(32)27-20-14-17(2)10-13-22(20)34-3/h4-14H,15H2,1-3H3,(H,27,32). The molecule has 0 spiro atoms. The normalized spacial score (nSPS) is 11.1. The van der Waals surface area contributed by atoms with Gasteiger partial charge in [0.2, 0.25) is 11.6 Å². The number of carbonyl (C=O) groups excluding carboxylic acids is 1. The lowest BCUT2D eigenvalue weighted by molar-refractivity contribution is -0.117. The lowest BCUT2D eigenvalue weighted by Crippen LogP contribution is -2.28. The molecule has 35 heavy (non-hydrogen) atoms. The third-order valence-corrected chi connectivity index (χ3v) is 5.53. The van der Waals surface area contributed by atoms with Crippen molar-refractivity contribution in [2.45, 2.75) is 20.4 Å². The van der Waals surface area contributed by atoms with Gasteiger partial charge in [-0.05, 0) is 55.8 Å². The van der Waals surface area contributed by atoms with Gasteiger partial charge < -0.3 is 14.8 Å². The van der Waals surface area contributed by atoms with Gasteiger partial charge in [-0.1, -0.05) is 35.9 Å². The molecule has 0 fully saturated rings. The van der Waals surface area contributed by atoms with Gasteiger partial charge >= 0.3 is 5.69 Å². The predicted octanol–water partition coefficient (Wildman–Crippen LogP) is 4.10. The lowest BCUT2D eigenvalue weighted by Gasteiger charge is -2.10. The van der Waals surface area contributed by atoms with Gasteiger partial charge in [-0.15, -0.1) is 5.10 Å². The second-order valence-electron chi connectivity index (χ2n) is 8.17. The average molecular weight is 470 g/mol. The van der Waals surface area contributed by atoms with Gasteiger partial charge in [0.15, 0.2) is 0 Å². The maximum Gasteiger partial charge on any atom is 0.351 e. The van der Waals surface area contributed by atoms with Gasteiger partial charge in [0.05, 0.1) is 23.8 Å². The topological polar surface area (TPSA) is 99.8 Å². The Hall–Kier alpha value is -4.66. The minimum Gasteiger partial charge on any atom is -0.495 e. The summed E-state index contributed by atoms with van der Waals surface area (Å²) in [6, 6.07) is 20.1. The fourth-order valence-electron chi connectivity index (χ4n) is 3.81. The smallest absolute Gasteiger partial charge is 0.351 e. The van der Waals surface area contributed by atoms with Crippen molar-refractivity contribution in [1.82, 2.24) is 19.2 Å². The molecule has 0 saturated carbocycles. The number of aromatic nitrogens is 4. The van der Waals surface area contributed by atoms with Crippen LogP contribution in [-0.4, -0.2) is 32.2 Å². The summed E-state index contributed by atoms with van der Waals surface area (Å²) >= 11 is 0. The summed E-state index contributed by atoms with van der Waals surface area (Å²) in [7, 11) is 1.53. The van der Waals surface area contributed by atoms with Crippen LogP contribution in [0.4, 0.5) is 5.69 Å². The number of anilines is 1. The quantitative estimate of drug-likeness (QED) is 0.402. The number of ether oxygens (including phenoxy) is 2. The highest BCUT2D eigenvalue weighted by Crippen LogP contribution is 2.27. The average Bonchev–Trinajstić information content (AvgIpc) is 3.17. The monoisotopic (exact) mass is 469 g/mol. The first-order chi connectivity index (χ1) is 16.9. The zero-order valence-corrected chi connectivity index (χ0v) is 19.5. The Balaban J connectivity index is 1.54. The summed E-state index contributed by atoms with van der Waals surface area (Å²) in [6.07, 6.45) is 0. The van der Waals surface area contributed by atoms with Crippen molar-refractivity contribution >= 4 is 28.3 Å². The van der Waals surface area contributed by atoms with Crippen molar-refractivity contribution in [1.29, 1.82) is 0 Å². The van der Waals surface area contributed by atoms with Gasteiger partial charge in [-0.2, -0.15) is 0 Å². The van der Waals surface area contributed by atoms with Gasteiger partial charge in [0.25, 0.3) is 5.88 Å². The van der Waals surface area contributed by atoms with E-state index in [-0.39, 0.29) is 18.1 Å². The number of nitrogens with zero attached hydrogens (tertiary/aromatic N) is 4. The van der Waals surface area contributed by atoms with Gasteiger partial charge in [-0.25, -0.2) is 18.9 Å². The Morgan fingerprint density at radius 3 is 2.51 bits per heavy atom. The summed E-state index contributed by atoms with van der Waals surface area (Å²) in [5.74, 6) is 0.837. The molecule has 0 aliphatic rings. The van der Waals surface area contributed by atoms with E-state index in [4.69, 9.17) is 9.47 Å². The van der Waals surface area contributed by atoms with Gasteiger partial charge in [0.1, 0.15) is 18.0 Å². The van der Waals surface area contributed by atoms with Crippen LogP contribution in [-0.2, 0) is 11.3 Å². The molecule has 5 aromatic rings.